The molecule has 0 fully saturated rings. The van der Waals surface area contributed by atoms with Crippen molar-refractivity contribution in [1.29, 1.82) is 4.78 Å². The van der Waals surface area contributed by atoms with Gasteiger partial charge in [0.25, 0.3) is 0 Å². The molecular formula is C55H71N3O18S3. The second-order valence-corrected chi connectivity index (χ2v) is 22.3. The van der Waals surface area contributed by atoms with Crippen LogP contribution in [-0.4, -0.2) is 101 Å². The van der Waals surface area contributed by atoms with Gasteiger partial charge in [0, 0.05) is 6.07 Å². The molecule has 0 saturated heterocycles. The first-order valence-corrected chi connectivity index (χ1v) is 28.8. The van der Waals surface area contributed by atoms with Crippen LogP contribution in [-0.2, 0) is 48.7 Å². The number of aromatic hydroxyl groups is 11. The van der Waals surface area contributed by atoms with Gasteiger partial charge in [-0.1, -0.05) is 67.9 Å². The third kappa shape index (κ3) is 26.9. The topological polar surface area (TPSA) is 385 Å². The van der Waals surface area contributed by atoms with Crippen molar-refractivity contribution >= 4 is 41.4 Å². The zero-order chi connectivity index (χ0) is 60.6. The van der Waals surface area contributed by atoms with Crippen LogP contribution in [0.4, 0.5) is 11.4 Å². The number of methoxy groups -OCH3 is 1. The first-order chi connectivity index (χ1) is 36.5. The Labute approximate surface area is 461 Å². The molecule has 21 nitrogen and oxygen atoms in total. The van der Waals surface area contributed by atoms with Crippen LogP contribution in [0.15, 0.2) is 121 Å². The summed E-state index contributed by atoms with van der Waals surface area (Å²) in [6.45, 7) is 12.9. The third-order valence-corrected chi connectivity index (χ3v) is 12.1. The Balaban J connectivity index is 0.000000468. The fourth-order valence-electron chi connectivity index (χ4n) is 5.97. The average molecular weight is 1160 g/mol. The van der Waals surface area contributed by atoms with Gasteiger partial charge in [-0.2, -0.15) is 0 Å². The van der Waals surface area contributed by atoms with E-state index in [4.69, 9.17) is 60.0 Å². The minimum absolute atomic E-state index is 0.00632. The lowest BCUT2D eigenvalue weighted by Crippen LogP contribution is -2.10. The molecule has 7 rings (SSSR count). The summed E-state index contributed by atoms with van der Waals surface area (Å²) in [7, 11) is -8.97. The molecule has 0 radical (unpaired) electrons. The van der Waals surface area contributed by atoms with E-state index in [9.17, 15) is 31.3 Å². The lowest BCUT2D eigenvalue weighted by molar-refractivity contribution is 0.365. The van der Waals surface area contributed by atoms with Crippen molar-refractivity contribution in [2.75, 3.05) is 29.1 Å². The zero-order valence-corrected chi connectivity index (χ0v) is 47.7. The van der Waals surface area contributed by atoms with Crippen molar-refractivity contribution in [3.8, 4) is 69.0 Å². The molecule has 0 amide bonds. The number of phenols is 11. The van der Waals surface area contributed by atoms with Crippen LogP contribution in [0.1, 0.15) is 58.4 Å². The SMILES string of the molecule is CCc1ccc(O)c(O)c1O.CCc1ccc(O)cc1.COc1cc(O)ccc1C.Cc1cc(NS(C)(=O)=O)c(O)cc1CS(=N)(=O)O.Cc1ccc(O)c(NS(C)(=O)=O)c1.Cc1ccc(O)c(O)c1O.Cc1ccc(O)cc1. The second-order valence-electron chi connectivity index (χ2n) is 17.3. The maximum absolute atomic E-state index is 11.0. The first-order valence-electron chi connectivity index (χ1n) is 23.4. The van der Waals surface area contributed by atoms with Gasteiger partial charge in [0.05, 0.1) is 36.7 Å². The van der Waals surface area contributed by atoms with Crippen LogP contribution in [0, 0.1) is 39.4 Å². The monoisotopic (exact) mass is 1160 g/mol. The van der Waals surface area contributed by atoms with Crippen LogP contribution in [0.3, 0.4) is 0 Å². The number of rotatable bonds is 9. The van der Waals surface area contributed by atoms with E-state index in [1.807, 2.05) is 58.0 Å². The highest BCUT2D eigenvalue weighted by atomic mass is 32.2. The quantitative estimate of drug-likeness (QED) is 0.0597. The van der Waals surface area contributed by atoms with Crippen LogP contribution < -0.4 is 14.2 Å². The molecule has 0 aliphatic heterocycles. The number of anilines is 2. The molecule has 7 aromatic rings. The fraction of sp³-hybridized carbons (Fsp3) is 0.236. The van der Waals surface area contributed by atoms with Crippen molar-refractivity contribution in [1.82, 2.24) is 0 Å². The van der Waals surface area contributed by atoms with E-state index in [2.05, 4.69) is 16.4 Å². The smallest absolute Gasteiger partial charge is 0.229 e. The van der Waals surface area contributed by atoms with Gasteiger partial charge in [-0.15, -0.1) is 0 Å². The molecule has 1 atom stereocenters. The lowest BCUT2D eigenvalue weighted by atomic mass is 10.1. The van der Waals surface area contributed by atoms with Crippen molar-refractivity contribution < 1.29 is 86.5 Å². The standard InChI is InChI=1S/C9H14N2O5S2.C8H11NO3S.C8H10O3.C8H10O2.C8H10O.C7H8O3.C7H8O/c1-6-3-8(11-17(2,13)14)9(12)4-7(6)5-18(10,15)16;1-6-3-4-8(10)7(5-6)9-13(2,11)12;1-2-5-3-4-6(9)8(11)7(5)10;1-6-3-4-7(9)5-8(6)10-2;1-2-7-3-5-8(9)6-4-7;1-4-2-3-5(8)7(10)6(4)9;1-6-2-4-7(8)5-3-6/h3-4,11-12H,5H2,1-2H3,(H2,10,15,16);3-5,9-10H,1-2H3;3-4,9-11H,2H2,1H3;3-5,9H,1-2H3;3-6,9H,2H2,1H3;2-3,8-10H,1H3;2-5,8H,1H3. The van der Waals surface area contributed by atoms with E-state index in [0.29, 0.717) is 40.2 Å². The Bertz CT molecular complexity index is 3310. The van der Waals surface area contributed by atoms with Crippen LogP contribution >= 0.6 is 0 Å². The minimum Gasteiger partial charge on any atom is -0.508 e. The second kappa shape index (κ2) is 31.7. The number of hydrogen-bond acceptors (Lipinski definition) is 18. The van der Waals surface area contributed by atoms with Crippen molar-refractivity contribution in [3.05, 3.63) is 166 Å². The first kappa shape index (κ1) is 68.6. The van der Waals surface area contributed by atoms with Crippen molar-refractivity contribution in [3.63, 3.8) is 0 Å². The zero-order valence-electron chi connectivity index (χ0n) is 45.2. The molecule has 7 aromatic carbocycles. The number of nitrogens with one attached hydrogen (secondary N) is 3. The van der Waals surface area contributed by atoms with E-state index in [0.717, 1.165) is 35.8 Å². The van der Waals surface area contributed by atoms with E-state index in [-0.39, 0.29) is 51.6 Å². The van der Waals surface area contributed by atoms with Crippen LogP contribution in [0.2, 0.25) is 0 Å². The normalized spacial score (nSPS) is 11.1. The molecule has 0 saturated carbocycles. The van der Waals surface area contributed by atoms with Gasteiger partial charge in [-0.05, 0) is 153 Å². The molecular weight excluding hydrogens is 1090 g/mol. The molecule has 0 aliphatic carbocycles. The fourth-order valence-corrected chi connectivity index (χ4v) is 7.83. The van der Waals surface area contributed by atoms with E-state index in [1.165, 1.54) is 47.5 Å². The number of aryl methyl sites for hydroxylation is 7. The van der Waals surface area contributed by atoms with E-state index < -0.39 is 47.3 Å². The number of ether oxygens (including phenoxy) is 1. The van der Waals surface area contributed by atoms with Crippen molar-refractivity contribution in [2.24, 2.45) is 0 Å². The van der Waals surface area contributed by atoms with Gasteiger partial charge in [-0.25, -0.2) is 25.8 Å². The molecule has 24 heteroatoms. The van der Waals surface area contributed by atoms with Gasteiger partial charge in [0.2, 0.25) is 31.5 Å². The molecule has 0 spiro atoms. The average Bonchev–Trinajstić information content (AvgIpc) is 3.36. The highest BCUT2D eigenvalue weighted by Crippen LogP contribution is 2.38. The molecule has 432 valence electrons. The molecule has 0 heterocycles. The van der Waals surface area contributed by atoms with Crippen molar-refractivity contribution in [2.45, 2.75) is 67.1 Å². The molecule has 15 N–H and O–H groups in total. The summed E-state index contributed by atoms with van der Waals surface area (Å²) in [6.07, 6.45) is 3.63. The van der Waals surface area contributed by atoms with Crippen LogP contribution in [0.25, 0.3) is 0 Å². The molecule has 1 unspecified atom stereocenters. The van der Waals surface area contributed by atoms with Crippen LogP contribution in [0.5, 0.6) is 69.0 Å². The Morgan fingerprint density at radius 3 is 1.33 bits per heavy atom. The summed E-state index contributed by atoms with van der Waals surface area (Å²) in [5.41, 5.74) is 6.52. The van der Waals surface area contributed by atoms with E-state index in [1.54, 1.807) is 75.6 Å². The summed E-state index contributed by atoms with van der Waals surface area (Å²) in [4.78, 5) is 0. The molecule has 0 aliphatic rings. The van der Waals surface area contributed by atoms with Gasteiger partial charge in [0.1, 0.15) is 34.5 Å². The minimum atomic E-state index is -3.71. The predicted molar refractivity (Wildman–Crippen MR) is 307 cm³/mol. The maximum Gasteiger partial charge on any atom is 0.229 e. The Morgan fingerprint density at radius 1 is 0.443 bits per heavy atom. The number of phenolic OH excluding ortho intramolecular Hbond substituents is 11. The molecule has 79 heavy (non-hydrogen) atoms. The number of hydrogen-bond donors (Lipinski definition) is 15. The largest absolute Gasteiger partial charge is 0.508 e. The summed E-state index contributed by atoms with van der Waals surface area (Å²) in [5, 5.41) is 99.3. The molecule has 0 bridgehead atoms. The van der Waals surface area contributed by atoms with Gasteiger partial charge >= 0.3 is 0 Å². The maximum atomic E-state index is 11.0. The highest BCUT2D eigenvalue weighted by molar-refractivity contribution is 7.92. The molecule has 0 aromatic heterocycles. The number of sulfonamides is 2. The van der Waals surface area contributed by atoms with Gasteiger partial charge in [-0.3, -0.25) is 9.44 Å². The van der Waals surface area contributed by atoms with E-state index >= 15 is 0 Å². The Hall–Kier alpha value is -8.45. The summed E-state index contributed by atoms with van der Waals surface area (Å²) < 4.78 is 79.9. The summed E-state index contributed by atoms with van der Waals surface area (Å²) >= 11 is 0. The van der Waals surface area contributed by atoms with Gasteiger partial charge in [0.15, 0.2) is 33.0 Å². The third-order valence-electron chi connectivity index (χ3n) is 10.2. The van der Waals surface area contributed by atoms with Gasteiger partial charge < -0.3 is 65.5 Å². The summed E-state index contributed by atoms with van der Waals surface area (Å²) in [6, 6.07) is 32.4. The highest BCUT2D eigenvalue weighted by Gasteiger charge is 2.14. The summed E-state index contributed by atoms with van der Waals surface area (Å²) in [5.74, 6) is -1.21. The lowest BCUT2D eigenvalue weighted by Gasteiger charge is -2.11. The Morgan fingerprint density at radius 2 is 0.886 bits per heavy atom. The predicted octanol–water partition coefficient (Wildman–Crippen LogP) is 10.0. The Kier molecular flexibility index (Phi) is 27.5. The number of benzene rings is 7.